The summed E-state index contributed by atoms with van der Waals surface area (Å²) in [6, 6.07) is 9.08. The number of nitrogens with one attached hydrogen (secondary N) is 1. The maximum atomic E-state index is 3.45. The van der Waals surface area contributed by atoms with Crippen LogP contribution < -0.4 is 10.2 Å². The molecule has 1 fully saturated rings. The molecule has 0 bridgehead atoms. The van der Waals surface area contributed by atoms with Gasteiger partial charge in [-0.05, 0) is 48.9 Å². The molecule has 0 saturated carbocycles. The molecule has 0 radical (unpaired) electrons. The van der Waals surface area contributed by atoms with Crippen molar-refractivity contribution in [3.05, 3.63) is 29.8 Å². The van der Waals surface area contributed by atoms with Crippen molar-refractivity contribution >= 4 is 5.69 Å². The van der Waals surface area contributed by atoms with Gasteiger partial charge in [-0.2, -0.15) is 0 Å². The van der Waals surface area contributed by atoms with Gasteiger partial charge in [0.05, 0.1) is 0 Å². The van der Waals surface area contributed by atoms with Crippen LogP contribution in [0.25, 0.3) is 0 Å². The van der Waals surface area contributed by atoms with Crippen LogP contribution in [0.3, 0.4) is 0 Å². The first-order chi connectivity index (χ1) is 9.11. The Labute approximate surface area is 118 Å². The summed E-state index contributed by atoms with van der Waals surface area (Å²) in [5, 5.41) is 3.45. The molecule has 0 aromatic heterocycles. The maximum Gasteiger partial charge on any atom is 0.0366 e. The molecule has 1 saturated heterocycles. The molecule has 2 nitrogen and oxygen atoms in total. The van der Waals surface area contributed by atoms with Crippen molar-refractivity contribution in [3.63, 3.8) is 0 Å². The lowest BCUT2D eigenvalue weighted by atomic mass is 9.82. The Morgan fingerprint density at radius 3 is 2.32 bits per heavy atom. The molecular weight excluding hydrogens is 232 g/mol. The van der Waals surface area contributed by atoms with Gasteiger partial charge in [0.1, 0.15) is 0 Å². The highest BCUT2D eigenvalue weighted by Gasteiger charge is 2.25. The van der Waals surface area contributed by atoms with E-state index in [0.29, 0.717) is 5.41 Å². The van der Waals surface area contributed by atoms with Crippen LogP contribution in [-0.2, 0) is 6.54 Å². The first-order valence-electron chi connectivity index (χ1n) is 7.65. The molecule has 0 unspecified atom stereocenters. The van der Waals surface area contributed by atoms with Crippen molar-refractivity contribution in [1.29, 1.82) is 0 Å². The molecule has 1 N–H and O–H groups in total. The molecule has 0 spiro atoms. The van der Waals surface area contributed by atoms with E-state index in [1.165, 1.54) is 43.6 Å². The van der Waals surface area contributed by atoms with Crippen molar-refractivity contribution in [2.45, 2.75) is 46.6 Å². The number of benzene rings is 1. The summed E-state index contributed by atoms with van der Waals surface area (Å²) >= 11 is 0. The summed E-state index contributed by atoms with van der Waals surface area (Å²) in [4.78, 5) is 2.52. The second kappa shape index (κ2) is 6.42. The second-order valence-corrected chi connectivity index (χ2v) is 6.49. The van der Waals surface area contributed by atoms with E-state index >= 15 is 0 Å². The summed E-state index contributed by atoms with van der Waals surface area (Å²) in [5.74, 6) is 0. The molecule has 0 aliphatic carbocycles. The third-order valence-corrected chi connectivity index (χ3v) is 4.17. The minimum atomic E-state index is 0.528. The van der Waals surface area contributed by atoms with Crippen molar-refractivity contribution in [3.8, 4) is 0 Å². The number of anilines is 1. The van der Waals surface area contributed by atoms with Crippen LogP contribution in [0.1, 0.15) is 45.6 Å². The number of hydrogen-bond acceptors (Lipinski definition) is 2. The highest BCUT2D eigenvalue weighted by atomic mass is 15.1. The van der Waals surface area contributed by atoms with Crippen LogP contribution >= 0.6 is 0 Å². The Balaban J connectivity index is 1.88. The summed E-state index contributed by atoms with van der Waals surface area (Å²) in [5.41, 5.74) is 3.30. The smallest absolute Gasteiger partial charge is 0.0366 e. The normalized spacial score (nSPS) is 18.6. The lowest BCUT2D eigenvalue weighted by Gasteiger charge is -2.38. The monoisotopic (exact) mass is 260 g/mol. The molecule has 2 rings (SSSR count). The van der Waals surface area contributed by atoms with E-state index in [2.05, 4.69) is 55.3 Å². The summed E-state index contributed by atoms with van der Waals surface area (Å²) < 4.78 is 0. The second-order valence-electron chi connectivity index (χ2n) is 6.49. The molecule has 1 aliphatic rings. The number of piperidine rings is 1. The van der Waals surface area contributed by atoms with Crippen LogP contribution in [0, 0.1) is 5.41 Å². The van der Waals surface area contributed by atoms with E-state index in [1.807, 2.05) is 0 Å². The van der Waals surface area contributed by atoms with Gasteiger partial charge in [0.2, 0.25) is 0 Å². The maximum absolute atomic E-state index is 3.45. The van der Waals surface area contributed by atoms with Gasteiger partial charge in [-0.1, -0.05) is 32.9 Å². The molecule has 106 valence electrons. The average molecular weight is 260 g/mol. The van der Waals surface area contributed by atoms with Crippen molar-refractivity contribution < 1.29 is 0 Å². The predicted octanol–water partition coefficient (Wildman–Crippen LogP) is 3.81. The van der Waals surface area contributed by atoms with Gasteiger partial charge in [-0.3, -0.25) is 0 Å². The summed E-state index contributed by atoms with van der Waals surface area (Å²) in [6.07, 6.45) is 3.79. The molecule has 0 atom stereocenters. The van der Waals surface area contributed by atoms with Crippen LogP contribution in [0.5, 0.6) is 0 Å². The van der Waals surface area contributed by atoms with Crippen molar-refractivity contribution in [1.82, 2.24) is 5.32 Å². The average Bonchev–Trinajstić information content (AvgIpc) is 2.40. The zero-order valence-electron chi connectivity index (χ0n) is 12.7. The van der Waals surface area contributed by atoms with Gasteiger partial charge in [-0.15, -0.1) is 0 Å². The van der Waals surface area contributed by atoms with Crippen LogP contribution in [0.4, 0.5) is 5.69 Å². The van der Waals surface area contributed by atoms with Crippen molar-refractivity contribution in [2.24, 2.45) is 5.41 Å². The number of rotatable bonds is 5. The van der Waals surface area contributed by atoms with Gasteiger partial charge in [-0.25, -0.2) is 0 Å². The topological polar surface area (TPSA) is 15.3 Å². The molecule has 0 amide bonds. The molecule has 1 heterocycles. The standard InChI is InChI=1S/C17H28N2/c1-4-11-18-14-15-5-7-16(8-6-15)19-12-9-17(2,3)10-13-19/h5-8,18H,4,9-14H2,1-3H3. The van der Waals surface area contributed by atoms with Gasteiger partial charge in [0, 0.05) is 25.3 Å². The summed E-state index contributed by atoms with van der Waals surface area (Å²) in [7, 11) is 0. The van der Waals surface area contributed by atoms with E-state index in [9.17, 15) is 0 Å². The quantitative estimate of drug-likeness (QED) is 0.810. The van der Waals surface area contributed by atoms with Crippen LogP contribution in [-0.4, -0.2) is 19.6 Å². The first kappa shape index (κ1) is 14.4. The Bertz CT molecular complexity index is 371. The largest absolute Gasteiger partial charge is 0.371 e. The lowest BCUT2D eigenvalue weighted by molar-refractivity contribution is 0.280. The Hall–Kier alpha value is -1.02. The fraction of sp³-hybridized carbons (Fsp3) is 0.647. The summed E-state index contributed by atoms with van der Waals surface area (Å²) in [6.45, 7) is 11.4. The van der Waals surface area contributed by atoms with Gasteiger partial charge in [0.25, 0.3) is 0 Å². The minimum absolute atomic E-state index is 0.528. The van der Waals surface area contributed by atoms with E-state index in [1.54, 1.807) is 0 Å². The van der Waals surface area contributed by atoms with Gasteiger partial charge in [0.15, 0.2) is 0 Å². The Kier molecular flexibility index (Phi) is 4.87. The molecule has 2 heteroatoms. The number of hydrogen-bond donors (Lipinski definition) is 1. The third kappa shape index (κ3) is 4.24. The van der Waals surface area contributed by atoms with E-state index < -0.39 is 0 Å². The van der Waals surface area contributed by atoms with Gasteiger partial charge >= 0.3 is 0 Å². The molecular formula is C17H28N2. The zero-order chi connectivity index (χ0) is 13.7. The highest BCUT2D eigenvalue weighted by Crippen LogP contribution is 2.32. The van der Waals surface area contributed by atoms with Crippen LogP contribution in [0.2, 0.25) is 0 Å². The number of nitrogens with zero attached hydrogens (tertiary/aromatic N) is 1. The van der Waals surface area contributed by atoms with Crippen molar-refractivity contribution in [2.75, 3.05) is 24.5 Å². The highest BCUT2D eigenvalue weighted by molar-refractivity contribution is 5.48. The van der Waals surface area contributed by atoms with E-state index in [0.717, 1.165) is 13.1 Å². The fourth-order valence-corrected chi connectivity index (χ4v) is 2.60. The molecule has 1 aliphatic heterocycles. The minimum Gasteiger partial charge on any atom is -0.371 e. The lowest BCUT2D eigenvalue weighted by Crippen LogP contribution is -2.37. The van der Waals surface area contributed by atoms with Gasteiger partial charge < -0.3 is 10.2 Å². The molecule has 19 heavy (non-hydrogen) atoms. The predicted molar refractivity (Wildman–Crippen MR) is 83.7 cm³/mol. The third-order valence-electron chi connectivity index (χ3n) is 4.17. The zero-order valence-corrected chi connectivity index (χ0v) is 12.7. The molecule has 1 aromatic carbocycles. The Morgan fingerprint density at radius 1 is 1.11 bits per heavy atom. The van der Waals surface area contributed by atoms with E-state index in [4.69, 9.17) is 0 Å². The fourth-order valence-electron chi connectivity index (χ4n) is 2.60. The first-order valence-corrected chi connectivity index (χ1v) is 7.65. The van der Waals surface area contributed by atoms with E-state index in [-0.39, 0.29) is 0 Å². The molecule has 1 aromatic rings. The Morgan fingerprint density at radius 2 is 1.74 bits per heavy atom. The SMILES string of the molecule is CCCNCc1ccc(N2CCC(C)(C)CC2)cc1. The van der Waals surface area contributed by atoms with Crippen LogP contribution in [0.15, 0.2) is 24.3 Å².